The summed E-state index contributed by atoms with van der Waals surface area (Å²) in [5, 5.41) is 14.8. The summed E-state index contributed by atoms with van der Waals surface area (Å²) >= 11 is 0. The van der Waals surface area contributed by atoms with Crippen molar-refractivity contribution in [3.8, 4) is 0 Å². The minimum absolute atomic E-state index is 0.0119. The normalized spacial score (nSPS) is 15.9. The molecule has 3 heterocycles. The number of H-pyrrole nitrogens is 1. The molecule has 1 saturated heterocycles. The van der Waals surface area contributed by atoms with E-state index in [1.165, 1.54) is 0 Å². The molecule has 1 fully saturated rings. The van der Waals surface area contributed by atoms with Gasteiger partial charge in [0.1, 0.15) is 0 Å². The van der Waals surface area contributed by atoms with Crippen LogP contribution in [0.4, 0.5) is 5.82 Å². The van der Waals surface area contributed by atoms with Gasteiger partial charge in [-0.1, -0.05) is 0 Å². The van der Waals surface area contributed by atoms with Crippen LogP contribution in [0.25, 0.3) is 0 Å². The van der Waals surface area contributed by atoms with Crippen molar-refractivity contribution in [3.63, 3.8) is 0 Å². The van der Waals surface area contributed by atoms with Crippen LogP contribution in [0.15, 0.2) is 6.07 Å². The molecule has 0 atom stereocenters. The van der Waals surface area contributed by atoms with E-state index in [0.717, 1.165) is 48.8 Å². The smallest absolute Gasteiger partial charge is 0.255 e. The molecule has 0 bridgehead atoms. The molecule has 1 aliphatic heterocycles. The Kier molecular flexibility index (Phi) is 4.11. The highest BCUT2D eigenvalue weighted by Crippen LogP contribution is 2.19. The van der Waals surface area contributed by atoms with Crippen molar-refractivity contribution in [1.29, 1.82) is 0 Å². The van der Waals surface area contributed by atoms with Gasteiger partial charge < -0.3 is 10.2 Å². The molecular formula is C16H24N6O. The van der Waals surface area contributed by atoms with Crippen LogP contribution in [0.1, 0.15) is 40.3 Å². The van der Waals surface area contributed by atoms with Crippen molar-refractivity contribution in [1.82, 2.24) is 25.3 Å². The molecule has 1 amide bonds. The van der Waals surface area contributed by atoms with Crippen molar-refractivity contribution in [2.24, 2.45) is 7.05 Å². The Labute approximate surface area is 136 Å². The van der Waals surface area contributed by atoms with E-state index in [1.807, 2.05) is 27.8 Å². The number of anilines is 1. The molecule has 7 nitrogen and oxygen atoms in total. The Bertz CT molecular complexity index is 708. The number of hydrogen-bond acceptors (Lipinski definition) is 4. The van der Waals surface area contributed by atoms with Crippen LogP contribution in [0, 0.1) is 20.8 Å². The van der Waals surface area contributed by atoms with Crippen molar-refractivity contribution < 1.29 is 4.79 Å². The lowest BCUT2D eigenvalue weighted by Gasteiger charge is -2.32. The molecule has 0 aromatic carbocycles. The lowest BCUT2D eigenvalue weighted by atomic mass is 10.0. The van der Waals surface area contributed by atoms with E-state index < -0.39 is 0 Å². The summed E-state index contributed by atoms with van der Waals surface area (Å²) < 4.78 is 1.76. The fourth-order valence-electron chi connectivity index (χ4n) is 3.18. The number of aromatic nitrogens is 4. The van der Waals surface area contributed by atoms with E-state index >= 15 is 0 Å². The molecule has 3 rings (SSSR count). The largest absolute Gasteiger partial charge is 0.355 e. The van der Waals surface area contributed by atoms with Crippen LogP contribution in [0.3, 0.4) is 0 Å². The average molecular weight is 316 g/mol. The number of hydrogen-bond donors (Lipinski definition) is 2. The van der Waals surface area contributed by atoms with E-state index in [-0.39, 0.29) is 11.9 Å². The highest BCUT2D eigenvalue weighted by molar-refractivity contribution is 5.96. The molecule has 2 aromatic heterocycles. The summed E-state index contributed by atoms with van der Waals surface area (Å²) in [6, 6.07) is 2.26. The van der Waals surface area contributed by atoms with E-state index in [4.69, 9.17) is 0 Å². The molecule has 124 valence electrons. The van der Waals surface area contributed by atoms with E-state index in [0.29, 0.717) is 5.56 Å². The lowest BCUT2D eigenvalue weighted by Crippen LogP contribution is -2.45. The summed E-state index contributed by atoms with van der Waals surface area (Å²) in [4.78, 5) is 14.8. The Balaban J connectivity index is 1.59. The molecule has 0 unspecified atom stereocenters. The SMILES string of the molecule is Cc1cc(N2CCC(NC(=O)c3c(C)nn(C)c3C)CC2)n[nH]1. The number of aryl methyl sites for hydroxylation is 3. The van der Waals surface area contributed by atoms with Gasteiger partial charge in [0.2, 0.25) is 0 Å². The van der Waals surface area contributed by atoms with Crippen LogP contribution in [0.5, 0.6) is 0 Å². The van der Waals surface area contributed by atoms with Crippen molar-refractivity contribution in [3.05, 3.63) is 28.7 Å². The van der Waals surface area contributed by atoms with E-state index in [9.17, 15) is 4.79 Å². The first-order chi connectivity index (χ1) is 11.0. The number of aromatic amines is 1. The molecule has 0 radical (unpaired) electrons. The third kappa shape index (κ3) is 3.09. The summed E-state index contributed by atoms with van der Waals surface area (Å²) in [5.74, 6) is 0.980. The quantitative estimate of drug-likeness (QED) is 0.899. The number of carbonyl (C=O) groups excluding carboxylic acids is 1. The average Bonchev–Trinajstić information content (AvgIpc) is 3.04. The number of piperidine rings is 1. The third-order valence-corrected chi connectivity index (χ3v) is 4.58. The van der Waals surface area contributed by atoms with Gasteiger partial charge in [0.25, 0.3) is 5.91 Å². The minimum Gasteiger partial charge on any atom is -0.355 e. The van der Waals surface area contributed by atoms with Gasteiger partial charge in [-0.2, -0.15) is 10.2 Å². The predicted octanol–water partition coefficient (Wildman–Crippen LogP) is 1.47. The Morgan fingerprint density at radius 1 is 1.30 bits per heavy atom. The topological polar surface area (TPSA) is 78.8 Å². The number of carbonyl (C=O) groups is 1. The van der Waals surface area contributed by atoms with Crippen molar-refractivity contribution in [2.45, 2.75) is 39.7 Å². The van der Waals surface area contributed by atoms with Gasteiger partial charge >= 0.3 is 0 Å². The maximum Gasteiger partial charge on any atom is 0.255 e. The monoisotopic (exact) mass is 316 g/mol. The van der Waals surface area contributed by atoms with Crippen LogP contribution in [-0.2, 0) is 7.05 Å². The molecule has 2 N–H and O–H groups in total. The maximum atomic E-state index is 12.5. The van der Waals surface area contributed by atoms with Gasteiger partial charge in [0, 0.05) is 43.6 Å². The predicted molar refractivity (Wildman–Crippen MR) is 88.7 cm³/mol. The molecular weight excluding hydrogens is 292 g/mol. The van der Waals surface area contributed by atoms with Crippen molar-refractivity contribution >= 4 is 11.7 Å². The molecule has 0 aliphatic carbocycles. The fraction of sp³-hybridized carbons (Fsp3) is 0.562. The Hall–Kier alpha value is -2.31. The summed E-state index contributed by atoms with van der Waals surface area (Å²) in [6.07, 6.45) is 1.85. The van der Waals surface area contributed by atoms with Gasteiger partial charge in [-0.15, -0.1) is 0 Å². The molecule has 0 saturated carbocycles. The molecule has 2 aromatic rings. The standard InChI is InChI=1S/C16H24N6O/c1-10-9-14(19-18-10)22-7-5-13(6-8-22)17-16(23)15-11(2)20-21(4)12(15)3/h9,13H,5-8H2,1-4H3,(H,17,23)(H,18,19). The Morgan fingerprint density at radius 2 is 2.00 bits per heavy atom. The second-order valence-electron chi connectivity index (χ2n) is 6.31. The van der Waals surface area contributed by atoms with Gasteiger partial charge in [-0.3, -0.25) is 14.6 Å². The second kappa shape index (κ2) is 6.06. The zero-order valence-electron chi connectivity index (χ0n) is 14.2. The van der Waals surface area contributed by atoms with Crippen molar-refractivity contribution in [2.75, 3.05) is 18.0 Å². The zero-order valence-corrected chi connectivity index (χ0v) is 14.2. The number of rotatable bonds is 3. The van der Waals surface area contributed by atoms with E-state index in [1.54, 1.807) is 4.68 Å². The second-order valence-corrected chi connectivity index (χ2v) is 6.31. The fourth-order valence-corrected chi connectivity index (χ4v) is 3.18. The number of amides is 1. The number of nitrogens with one attached hydrogen (secondary N) is 2. The number of nitrogens with zero attached hydrogens (tertiary/aromatic N) is 4. The zero-order chi connectivity index (χ0) is 16.6. The van der Waals surface area contributed by atoms with Crippen LogP contribution in [-0.4, -0.2) is 45.0 Å². The van der Waals surface area contributed by atoms with E-state index in [2.05, 4.69) is 31.6 Å². The summed E-state index contributed by atoms with van der Waals surface area (Å²) in [7, 11) is 1.86. The van der Waals surface area contributed by atoms with Gasteiger partial charge in [-0.25, -0.2) is 0 Å². The third-order valence-electron chi connectivity index (χ3n) is 4.58. The lowest BCUT2D eigenvalue weighted by molar-refractivity contribution is 0.0929. The summed E-state index contributed by atoms with van der Waals surface area (Å²) in [5.41, 5.74) is 3.46. The van der Waals surface area contributed by atoms with Gasteiger partial charge in [-0.05, 0) is 33.6 Å². The first-order valence-electron chi connectivity index (χ1n) is 8.03. The van der Waals surface area contributed by atoms with Crippen LogP contribution >= 0.6 is 0 Å². The van der Waals surface area contributed by atoms with Gasteiger partial charge in [0.15, 0.2) is 5.82 Å². The summed E-state index contributed by atoms with van der Waals surface area (Å²) in [6.45, 7) is 7.62. The highest BCUT2D eigenvalue weighted by atomic mass is 16.1. The van der Waals surface area contributed by atoms with Crippen LogP contribution < -0.4 is 10.2 Å². The molecule has 23 heavy (non-hydrogen) atoms. The molecule has 1 aliphatic rings. The van der Waals surface area contributed by atoms with Gasteiger partial charge in [0.05, 0.1) is 11.3 Å². The first-order valence-corrected chi connectivity index (χ1v) is 8.03. The maximum absolute atomic E-state index is 12.5. The minimum atomic E-state index is -0.0119. The van der Waals surface area contributed by atoms with Crippen LogP contribution in [0.2, 0.25) is 0 Å². The first kappa shape index (κ1) is 15.6. The Morgan fingerprint density at radius 3 is 2.52 bits per heavy atom. The highest BCUT2D eigenvalue weighted by Gasteiger charge is 2.24. The molecule has 7 heteroatoms. The molecule has 0 spiro atoms.